The van der Waals surface area contributed by atoms with Crippen LogP contribution < -0.4 is 20.5 Å². The highest BCUT2D eigenvalue weighted by Gasteiger charge is 2.50. The van der Waals surface area contributed by atoms with E-state index in [1.165, 1.54) is 19.2 Å². The van der Waals surface area contributed by atoms with Gasteiger partial charge in [-0.2, -0.15) is 5.10 Å². The molecule has 3 aliphatic rings. The minimum atomic E-state index is -1.60. The molecule has 2 fully saturated rings. The second-order valence-corrected chi connectivity index (χ2v) is 12.6. The minimum absolute atomic E-state index is 0.0359. The van der Waals surface area contributed by atoms with E-state index in [4.69, 9.17) is 31.8 Å². The van der Waals surface area contributed by atoms with Crippen LogP contribution in [0.25, 0.3) is 16.8 Å². The number of fused-ring (bicyclic) bond motifs is 2. The molecule has 2 amide bonds. The molecule has 228 valence electrons. The van der Waals surface area contributed by atoms with Crippen molar-refractivity contribution in [2.24, 2.45) is 11.7 Å². The van der Waals surface area contributed by atoms with Gasteiger partial charge in [0, 0.05) is 28.7 Å². The van der Waals surface area contributed by atoms with Crippen LogP contribution in [0.3, 0.4) is 0 Å². The molecule has 0 radical (unpaired) electrons. The van der Waals surface area contributed by atoms with Crippen LogP contribution in [-0.4, -0.2) is 51.8 Å². The Kier molecular flexibility index (Phi) is 6.60. The number of primary amides is 1. The van der Waals surface area contributed by atoms with E-state index in [-0.39, 0.29) is 41.2 Å². The van der Waals surface area contributed by atoms with Gasteiger partial charge in [0.1, 0.15) is 34.9 Å². The van der Waals surface area contributed by atoms with Crippen LogP contribution >= 0.6 is 11.6 Å². The number of rotatable bonds is 9. The summed E-state index contributed by atoms with van der Waals surface area (Å²) in [7, 11) is 1.52. The summed E-state index contributed by atoms with van der Waals surface area (Å²) in [5.41, 5.74) is 6.30. The number of hydrogen-bond acceptors (Lipinski definition) is 7. The summed E-state index contributed by atoms with van der Waals surface area (Å²) in [5.74, 6) is -0.752. The Morgan fingerprint density at radius 1 is 1.23 bits per heavy atom. The first-order chi connectivity index (χ1) is 21.0. The van der Waals surface area contributed by atoms with Gasteiger partial charge >= 0.3 is 0 Å². The highest BCUT2D eigenvalue weighted by molar-refractivity contribution is 6.30. The second-order valence-electron chi connectivity index (χ2n) is 12.2. The lowest BCUT2D eigenvalue weighted by molar-refractivity contribution is -0.123. The standard InChI is InChI=1S/C32H31ClFN5O5/c1-31(30(35)41)15-44-28-21(31)13-25(37-27(28)17-5-8-22(33)23(34)10-17)32(42,19-6-7-19)14-36-29(40)18-9-20-12-24(16-3-4-16)38-39(20)26(11-18)43-2/h5,8-13,16,19,42H,3-4,6-7,14-15H2,1-2H3,(H2,35,41)(H,36,40)/t31-,32?/m0/s1. The van der Waals surface area contributed by atoms with Gasteiger partial charge in [0.25, 0.3) is 5.91 Å². The number of hydrogen-bond donors (Lipinski definition) is 3. The summed E-state index contributed by atoms with van der Waals surface area (Å²) in [6.45, 7) is 1.46. The van der Waals surface area contributed by atoms with Gasteiger partial charge < -0.3 is 25.6 Å². The van der Waals surface area contributed by atoms with Crippen LogP contribution in [0.1, 0.15) is 65.8 Å². The molecule has 12 heteroatoms. The normalized spacial score (nSPS) is 20.6. The molecular formula is C32H31ClFN5O5. The molecule has 2 atom stereocenters. The molecular weight excluding hydrogens is 589 g/mol. The van der Waals surface area contributed by atoms with E-state index >= 15 is 0 Å². The topological polar surface area (TPSA) is 141 Å². The molecule has 4 aromatic rings. The highest BCUT2D eigenvalue weighted by Crippen LogP contribution is 2.50. The summed E-state index contributed by atoms with van der Waals surface area (Å²) < 4.78 is 27.7. The molecule has 4 heterocycles. The third-order valence-corrected chi connectivity index (χ3v) is 9.34. The van der Waals surface area contributed by atoms with E-state index in [9.17, 15) is 19.1 Å². The number of nitrogens with zero attached hydrogens (tertiary/aromatic N) is 3. The SMILES string of the molecule is COc1cc(C(=O)NCC(O)(c2cc3c(c(-c4ccc(Cl)c(F)c4)n2)OC[C@]3(C)C(N)=O)C2CC2)cc2cc(C3CC3)nn12. The zero-order valence-electron chi connectivity index (χ0n) is 24.2. The molecule has 4 N–H and O–H groups in total. The highest BCUT2D eigenvalue weighted by atomic mass is 35.5. The Labute approximate surface area is 257 Å². The molecule has 0 spiro atoms. The number of amides is 2. The first-order valence-corrected chi connectivity index (χ1v) is 14.9. The fraction of sp³-hybridized carbons (Fsp3) is 0.375. The Balaban J connectivity index is 1.26. The molecule has 0 bridgehead atoms. The number of methoxy groups -OCH3 is 1. The van der Waals surface area contributed by atoms with Gasteiger partial charge in [-0.05, 0) is 68.9 Å². The number of benzene rings is 1. The second kappa shape index (κ2) is 10.2. The molecule has 1 unspecified atom stereocenters. The van der Waals surface area contributed by atoms with E-state index < -0.39 is 28.6 Å². The fourth-order valence-corrected chi connectivity index (χ4v) is 6.03. The lowest BCUT2D eigenvalue weighted by atomic mass is 9.81. The van der Waals surface area contributed by atoms with Crippen molar-refractivity contribution in [1.29, 1.82) is 0 Å². The number of aromatic nitrogens is 3. The van der Waals surface area contributed by atoms with Gasteiger partial charge in [0.2, 0.25) is 11.8 Å². The predicted octanol–water partition coefficient (Wildman–Crippen LogP) is 4.24. The van der Waals surface area contributed by atoms with E-state index in [1.54, 1.807) is 35.7 Å². The lowest BCUT2D eigenvalue weighted by Crippen LogP contribution is -2.44. The number of nitrogens with one attached hydrogen (secondary N) is 1. The number of halogens is 2. The number of nitrogens with two attached hydrogens (primary N) is 1. The van der Waals surface area contributed by atoms with Crippen LogP contribution in [0, 0.1) is 11.7 Å². The Morgan fingerprint density at radius 2 is 2.00 bits per heavy atom. The van der Waals surface area contributed by atoms with Gasteiger partial charge in [-0.1, -0.05) is 17.7 Å². The Bertz CT molecular complexity index is 1850. The molecule has 2 saturated carbocycles. The average molecular weight is 620 g/mol. The zero-order chi connectivity index (χ0) is 31.0. The van der Waals surface area contributed by atoms with Crippen molar-refractivity contribution in [3.05, 3.63) is 75.8 Å². The Hall–Kier alpha value is -4.22. The van der Waals surface area contributed by atoms with Gasteiger partial charge in [-0.3, -0.25) is 9.59 Å². The molecule has 0 saturated heterocycles. The van der Waals surface area contributed by atoms with Crippen molar-refractivity contribution in [3.8, 4) is 22.9 Å². The van der Waals surface area contributed by atoms with E-state index in [0.717, 1.165) is 24.1 Å². The van der Waals surface area contributed by atoms with Crippen LogP contribution in [-0.2, 0) is 15.8 Å². The van der Waals surface area contributed by atoms with E-state index in [2.05, 4.69) is 10.4 Å². The molecule has 1 aromatic carbocycles. The van der Waals surface area contributed by atoms with Crippen LogP contribution in [0.2, 0.25) is 5.02 Å². The predicted molar refractivity (Wildman–Crippen MR) is 159 cm³/mol. The third-order valence-electron chi connectivity index (χ3n) is 9.04. The van der Waals surface area contributed by atoms with Crippen LogP contribution in [0.5, 0.6) is 11.6 Å². The maximum atomic E-state index is 14.5. The summed E-state index contributed by atoms with van der Waals surface area (Å²) in [5, 5.41) is 19.7. The maximum absolute atomic E-state index is 14.5. The van der Waals surface area contributed by atoms with Gasteiger partial charge in [0.05, 0.1) is 35.6 Å². The van der Waals surface area contributed by atoms with Crippen LogP contribution in [0.4, 0.5) is 4.39 Å². The van der Waals surface area contributed by atoms with Crippen molar-refractivity contribution >= 4 is 28.9 Å². The summed E-state index contributed by atoms with van der Waals surface area (Å²) in [6, 6.07) is 11.2. The van der Waals surface area contributed by atoms with Crippen LogP contribution in [0.15, 0.2) is 42.5 Å². The molecule has 1 aliphatic heterocycles. The molecule has 10 nitrogen and oxygen atoms in total. The number of carbonyl (C=O) groups is 2. The molecule has 2 aliphatic carbocycles. The van der Waals surface area contributed by atoms with Crippen molar-refractivity contribution in [2.75, 3.05) is 20.3 Å². The molecule has 7 rings (SSSR count). The maximum Gasteiger partial charge on any atom is 0.251 e. The first kappa shape index (κ1) is 28.5. The minimum Gasteiger partial charge on any atom is -0.489 e. The molecule has 3 aromatic heterocycles. The third kappa shape index (κ3) is 4.66. The summed E-state index contributed by atoms with van der Waals surface area (Å²) >= 11 is 5.94. The average Bonchev–Trinajstić information content (AvgIpc) is 3.96. The van der Waals surface area contributed by atoms with E-state index in [1.807, 2.05) is 6.07 Å². The fourth-order valence-electron chi connectivity index (χ4n) is 5.91. The van der Waals surface area contributed by atoms with E-state index in [0.29, 0.717) is 41.3 Å². The Morgan fingerprint density at radius 3 is 2.66 bits per heavy atom. The summed E-state index contributed by atoms with van der Waals surface area (Å²) in [6.07, 6.45) is 3.60. The number of carbonyl (C=O) groups excluding carboxylic acids is 2. The largest absolute Gasteiger partial charge is 0.489 e. The number of pyridine rings is 2. The summed E-state index contributed by atoms with van der Waals surface area (Å²) in [4.78, 5) is 30.9. The first-order valence-electron chi connectivity index (χ1n) is 14.5. The smallest absolute Gasteiger partial charge is 0.251 e. The lowest BCUT2D eigenvalue weighted by Gasteiger charge is -2.30. The monoisotopic (exact) mass is 619 g/mol. The van der Waals surface area contributed by atoms with Crippen molar-refractivity contribution in [2.45, 2.75) is 49.5 Å². The van der Waals surface area contributed by atoms with Gasteiger partial charge in [0.15, 0.2) is 0 Å². The molecule has 44 heavy (non-hydrogen) atoms. The van der Waals surface area contributed by atoms with Crippen molar-refractivity contribution in [1.82, 2.24) is 19.9 Å². The van der Waals surface area contributed by atoms with Crippen molar-refractivity contribution < 1.29 is 28.6 Å². The number of ether oxygens (including phenoxy) is 2. The van der Waals surface area contributed by atoms with Crippen molar-refractivity contribution in [3.63, 3.8) is 0 Å². The number of aliphatic hydroxyl groups is 1. The van der Waals surface area contributed by atoms with Gasteiger partial charge in [-0.15, -0.1) is 0 Å². The zero-order valence-corrected chi connectivity index (χ0v) is 24.9. The quantitative estimate of drug-likeness (QED) is 0.254. The van der Waals surface area contributed by atoms with Gasteiger partial charge in [-0.25, -0.2) is 13.9 Å².